The zero-order valence-corrected chi connectivity index (χ0v) is 11.2. The molecule has 2 N–H and O–H groups in total. The number of fused-ring (bicyclic) bond motifs is 2. The minimum Gasteiger partial charge on any atom is -0.318 e. The Hall–Kier alpha value is -2.19. The number of nitrogens with zero attached hydrogens (tertiary/aromatic N) is 1. The topological polar surface area (TPSA) is 38.9 Å². The highest BCUT2D eigenvalue weighted by atomic mass is 14.8. The molecule has 0 radical (unpaired) electrons. The minimum atomic E-state index is -0.360. The number of nitrogens with two attached hydrogens (primary N) is 1. The summed E-state index contributed by atoms with van der Waals surface area (Å²) in [4.78, 5) is 4.38. The highest BCUT2D eigenvalue weighted by Gasteiger charge is 2.36. The van der Waals surface area contributed by atoms with Crippen molar-refractivity contribution in [1.29, 1.82) is 0 Å². The van der Waals surface area contributed by atoms with Gasteiger partial charge in [0.05, 0.1) is 11.1 Å². The lowest BCUT2D eigenvalue weighted by molar-refractivity contribution is 0.535. The average molecular weight is 260 g/mol. The summed E-state index contributed by atoms with van der Waals surface area (Å²) in [6, 6.07) is 19.0. The molecule has 0 amide bonds. The van der Waals surface area contributed by atoms with Crippen LogP contribution in [0.1, 0.15) is 23.1 Å². The molecule has 0 saturated carbocycles. The van der Waals surface area contributed by atoms with Crippen LogP contribution in [0.4, 0.5) is 0 Å². The number of rotatable bonds is 1. The number of hydrogen-bond donors (Lipinski definition) is 1. The standard InChI is InChI=1S/C18H16N2/c19-18(10-9-13-4-1-2-6-16(13)18)15-7-8-17-14(12-15)5-3-11-20-17/h1-8,11-12H,9-10,19H2. The van der Waals surface area contributed by atoms with E-state index in [9.17, 15) is 0 Å². The molecule has 1 atom stereocenters. The van der Waals surface area contributed by atoms with E-state index in [4.69, 9.17) is 5.73 Å². The van der Waals surface area contributed by atoms with E-state index >= 15 is 0 Å². The Morgan fingerprint density at radius 1 is 1.00 bits per heavy atom. The number of aromatic nitrogens is 1. The Balaban J connectivity index is 1.91. The smallest absolute Gasteiger partial charge is 0.0702 e. The average Bonchev–Trinajstić information content (AvgIpc) is 2.86. The van der Waals surface area contributed by atoms with Crippen molar-refractivity contribution in [2.75, 3.05) is 0 Å². The maximum absolute atomic E-state index is 6.76. The number of hydrogen-bond acceptors (Lipinski definition) is 2. The molecule has 1 heterocycles. The Labute approximate surface area is 118 Å². The first-order valence-corrected chi connectivity index (χ1v) is 7.00. The van der Waals surface area contributed by atoms with Crippen molar-refractivity contribution in [3.63, 3.8) is 0 Å². The summed E-state index contributed by atoms with van der Waals surface area (Å²) in [5.41, 5.74) is 11.2. The van der Waals surface area contributed by atoms with Gasteiger partial charge in [-0.3, -0.25) is 4.98 Å². The summed E-state index contributed by atoms with van der Waals surface area (Å²) < 4.78 is 0. The highest BCUT2D eigenvalue weighted by Crippen LogP contribution is 2.40. The monoisotopic (exact) mass is 260 g/mol. The molecule has 1 unspecified atom stereocenters. The van der Waals surface area contributed by atoms with Gasteiger partial charge in [0.15, 0.2) is 0 Å². The SMILES string of the molecule is NC1(c2ccc3ncccc3c2)CCc2ccccc21. The first-order chi connectivity index (χ1) is 9.77. The predicted octanol–water partition coefficient (Wildman–Crippen LogP) is 3.38. The number of pyridine rings is 1. The summed E-state index contributed by atoms with van der Waals surface area (Å²) in [5.74, 6) is 0. The predicted molar refractivity (Wildman–Crippen MR) is 81.5 cm³/mol. The Morgan fingerprint density at radius 3 is 2.85 bits per heavy atom. The summed E-state index contributed by atoms with van der Waals surface area (Å²) in [6.07, 6.45) is 3.85. The molecule has 1 aliphatic carbocycles. The molecule has 0 bridgehead atoms. The molecule has 20 heavy (non-hydrogen) atoms. The zero-order chi connectivity index (χ0) is 13.6. The van der Waals surface area contributed by atoms with Crippen LogP contribution in [0.3, 0.4) is 0 Å². The van der Waals surface area contributed by atoms with Crippen molar-refractivity contribution >= 4 is 10.9 Å². The zero-order valence-electron chi connectivity index (χ0n) is 11.2. The van der Waals surface area contributed by atoms with E-state index < -0.39 is 0 Å². The molecule has 2 heteroatoms. The summed E-state index contributed by atoms with van der Waals surface area (Å²) in [7, 11) is 0. The second-order valence-electron chi connectivity index (χ2n) is 5.54. The second-order valence-corrected chi connectivity index (χ2v) is 5.54. The highest BCUT2D eigenvalue weighted by molar-refractivity contribution is 5.79. The third-order valence-electron chi connectivity index (χ3n) is 4.40. The Morgan fingerprint density at radius 2 is 1.90 bits per heavy atom. The molecular weight excluding hydrogens is 244 g/mol. The number of aryl methyl sites for hydroxylation is 1. The van der Waals surface area contributed by atoms with Gasteiger partial charge in [-0.1, -0.05) is 36.4 Å². The van der Waals surface area contributed by atoms with Crippen molar-refractivity contribution in [3.8, 4) is 0 Å². The van der Waals surface area contributed by atoms with Gasteiger partial charge in [0, 0.05) is 11.6 Å². The van der Waals surface area contributed by atoms with E-state index in [1.165, 1.54) is 16.7 Å². The van der Waals surface area contributed by atoms with Crippen molar-refractivity contribution in [3.05, 3.63) is 77.5 Å². The maximum Gasteiger partial charge on any atom is 0.0702 e. The van der Waals surface area contributed by atoms with Crippen LogP contribution in [0.15, 0.2) is 60.8 Å². The van der Waals surface area contributed by atoms with Gasteiger partial charge in [0.1, 0.15) is 0 Å². The van der Waals surface area contributed by atoms with Gasteiger partial charge in [0.2, 0.25) is 0 Å². The van der Waals surface area contributed by atoms with Gasteiger partial charge in [-0.15, -0.1) is 0 Å². The lowest BCUT2D eigenvalue weighted by Crippen LogP contribution is -2.35. The Bertz CT molecular complexity index is 794. The van der Waals surface area contributed by atoms with Gasteiger partial charge < -0.3 is 5.73 Å². The van der Waals surface area contributed by atoms with Crippen LogP contribution in [-0.2, 0) is 12.0 Å². The maximum atomic E-state index is 6.76. The van der Waals surface area contributed by atoms with Gasteiger partial charge in [-0.05, 0) is 47.7 Å². The van der Waals surface area contributed by atoms with E-state index in [1.807, 2.05) is 12.3 Å². The van der Waals surface area contributed by atoms with Crippen LogP contribution in [0, 0.1) is 0 Å². The lowest BCUT2D eigenvalue weighted by atomic mass is 9.84. The van der Waals surface area contributed by atoms with Crippen molar-refractivity contribution < 1.29 is 0 Å². The molecular formula is C18H16N2. The minimum absolute atomic E-state index is 0.360. The largest absolute Gasteiger partial charge is 0.318 e. The summed E-state index contributed by atoms with van der Waals surface area (Å²) in [5, 5.41) is 1.15. The molecule has 4 rings (SSSR count). The normalized spacial score (nSPS) is 21.1. The van der Waals surface area contributed by atoms with Crippen molar-refractivity contribution in [1.82, 2.24) is 4.98 Å². The van der Waals surface area contributed by atoms with Crippen LogP contribution in [0.5, 0.6) is 0 Å². The lowest BCUT2D eigenvalue weighted by Gasteiger charge is -2.26. The summed E-state index contributed by atoms with van der Waals surface area (Å²) >= 11 is 0. The first-order valence-electron chi connectivity index (χ1n) is 7.00. The third-order valence-corrected chi connectivity index (χ3v) is 4.40. The van der Waals surface area contributed by atoms with Gasteiger partial charge in [-0.2, -0.15) is 0 Å². The van der Waals surface area contributed by atoms with E-state index in [0.717, 1.165) is 23.7 Å². The molecule has 2 aromatic carbocycles. The molecule has 3 aromatic rings. The first kappa shape index (κ1) is 11.6. The molecule has 0 aliphatic heterocycles. The van der Waals surface area contributed by atoms with E-state index in [1.54, 1.807) is 0 Å². The van der Waals surface area contributed by atoms with E-state index in [0.29, 0.717) is 0 Å². The van der Waals surface area contributed by atoms with Crippen molar-refractivity contribution in [2.45, 2.75) is 18.4 Å². The van der Waals surface area contributed by atoms with Crippen molar-refractivity contribution in [2.24, 2.45) is 5.73 Å². The molecule has 0 spiro atoms. The second kappa shape index (κ2) is 4.15. The molecule has 2 nitrogen and oxygen atoms in total. The fourth-order valence-corrected chi connectivity index (χ4v) is 3.29. The third kappa shape index (κ3) is 1.58. The summed E-state index contributed by atoms with van der Waals surface area (Å²) in [6.45, 7) is 0. The van der Waals surface area contributed by atoms with Gasteiger partial charge in [0.25, 0.3) is 0 Å². The molecule has 0 fully saturated rings. The van der Waals surface area contributed by atoms with Crippen LogP contribution in [-0.4, -0.2) is 4.98 Å². The van der Waals surface area contributed by atoms with Gasteiger partial charge >= 0.3 is 0 Å². The Kier molecular flexibility index (Phi) is 2.41. The van der Waals surface area contributed by atoms with Crippen LogP contribution >= 0.6 is 0 Å². The molecule has 0 saturated heterocycles. The van der Waals surface area contributed by atoms with Crippen LogP contribution < -0.4 is 5.73 Å². The fourth-order valence-electron chi connectivity index (χ4n) is 3.29. The van der Waals surface area contributed by atoms with Crippen LogP contribution in [0.2, 0.25) is 0 Å². The molecule has 1 aromatic heterocycles. The quantitative estimate of drug-likeness (QED) is 0.728. The van der Waals surface area contributed by atoms with E-state index in [2.05, 4.69) is 53.5 Å². The fraction of sp³-hybridized carbons (Fsp3) is 0.167. The molecule has 98 valence electrons. The van der Waals surface area contributed by atoms with E-state index in [-0.39, 0.29) is 5.54 Å². The van der Waals surface area contributed by atoms with Gasteiger partial charge in [-0.25, -0.2) is 0 Å². The number of benzene rings is 2. The van der Waals surface area contributed by atoms with Crippen LogP contribution in [0.25, 0.3) is 10.9 Å². The molecule has 1 aliphatic rings.